The highest BCUT2D eigenvalue weighted by Gasteiger charge is 2.22. The zero-order valence-corrected chi connectivity index (χ0v) is 39.8. The topological polar surface area (TPSA) is 129 Å². The van der Waals surface area contributed by atoms with Gasteiger partial charge in [0.05, 0.1) is 31.7 Å². The quantitative estimate of drug-likeness (QED) is 0.0359. The van der Waals surface area contributed by atoms with Crippen LogP contribution in [-0.2, 0) is 38.1 Å². The molecule has 0 aliphatic carbocycles. The van der Waals surface area contributed by atoms with Gasteiger partial charge < -0.3 is 29.0 Å². The Hall–Kier alpha value is -2.20. The van der Waals surface area contributed by atoms with Gasteiger partial charge >= 0.3 is 23.9 Å². The van der Waals surface area contributed by atoms with Crippen molar-refractivity contribution in [3.63, 3.8) is 0 Å². The van der Waals surface area contributed by atoms with Crippen LogP contribution in [0.5, 0.6) is 0 Å². The van der Waals surface area contributed by atoms with Crippen molar-refractivity contribution in [1.82, 2.24) is 4.90 Å². The zero-order chi connectivity index (χ0) is 44.3. The molecule has 3 atom stereocenters. The Kier molecular flexibility index (Phi) is 41.9. The van der Waals surface area contributed by atoms with E-state index in [1.165, 1.54) is 89.9 Å². The van der Waals surface area contributed by atoms with Crippen LogP contribution in [0.15, 0.2) is 0 Å². The predicted molar refractivity (Wildman–Crippen MR) is 245 cm³/mol. The first kappa shape index (κ1) is 57.8. The average molecular weight is 854 g/mol. The second-order valence-corrected chi connectivity index (χ2v) is 17.4. The summed E-state index contributed by atoms with van der Waals surface area (Å²) in [6, 6.07) is 0. The summed E-state index contributed by atoms with van der Waals surface area (Å²) < 4.78 is 22.7. The van der Waals surface area contributed by atoms with Gasteiger partial charge in [0, 0.05) is 25.9 Å². The molecule has 0 amide bonds. The van der Waals surface area contributed by atoms with Crippen molar-refractivity contribution in [3.8, 4) is 0 Å². The molecule has 0 fully saturated rings. The van der Waals surface area contributed by atoms with E-state index in [0.29, 0.717) is 52.0 Å². The summed E-state index contributed by atoms with van der Waals surface area (Å²) in [7, 11) is 1.82. The summed E-state index contributed by atoms with van der Waals surface area (Å²) in [6.07, 6.45) is 31.3. The molecule has 0 bridgehead atoms. The second-order valence-electron chi connectivity index (χ2n) is 17.4. The van der Waals surface area contributed by atoms with Gasteiger partial charge in [0.15, 0.2) is 0 Å². The highest BCUT2D eigenvalue weighted by molar-refractivity contribution is 5.73. The Morgan fingerprint density at radius 3 is 1.25 bits per heavy atom. The van der Waals surface area contributed by atoms with Gasteiger partial charge in [-0.15, -0.1) is 0 Å². The van der Waals surface area contributed by atoms with Gasteiger partial charge in [0.2, 0.25) is 0 Å². The van der Waals surface area contributed by atoms with Crippen molar-refractivity contribution in [3.05, 3.63) is 0 Å². The number of nitrogens with zero attached hydrogens (tertiary/aromatic N) is 1. The number of carbonyl (C=O) groups excluding carboxylic acids is 4. The van der Waals surface area contributed by atoms with Gasteiger partial charge in [-0.05, 0) is 71.3 Å². The number of esters is 4. The number of carbonyl (C=O) groups is 4. The molecule has 0 radical (unpaired) electrons. The Morgan fingerprint density at radius 1 is 0.467 bits per heavy atom. The lowest BCUT2D eigenvalue weighted by Gasteiger charge is -2.23. The second kappa shape index (κ2) is 43.4. The Labute approximate surface area is 368 Å². The van der Waals surface area contributed by atoms with Crippen LogP contribution in [-0.4, -0.2) is 86.6 Å². The van der Waals surface area contributed by atoms with E-state index >= 15 is 0 Å². The van der Waals surface area contributed by atoms with Crippen molar-refractivity contribution >= 4 is 23.9 Å². The zero-order valence-electron chi connectivity index (χ0n) is 39.8. The molecule has 1 N–H and O–H groups in total. The maximum absolute atomic E-state index is 12.9. The fourth-order valence-electron chi connectivity index (χ4n) is 7.65. The summed E-state index contributed by atoms with van der Waals surface area (Å²) >= 11 is 0. The maximum Gasteiger partial charge on any atom is 0.308 e. The summed E-state index contributed by atoms with van der Waals surface area (Å²) in [4.78, 5) is 53.1. The first-order valence-corrected chi connectivity index (χ1v) is 25.2. The Morgan fingerprint density at radius 2 is 0.833 bits per heavy atom. The summed E-state index contributed by atoms with van der Waals surface area (Å²) in [5.41, 5.74) is 0. The number of rotatable bonds is 45. The molecule has 3 unspecified atom stereocenters. The van der Waals surface area contributed by atoms with Crippen LogP contribution in [0.2, 0.25) is 0 Å². The van der Waals surface area contributed by atoms with Crippen LogP contribution in [0.25, 0.3) is 0 Å². The predicted octanol–water partition coefficient (Wildman–Crippen LogP) is 12.2. The molecule has 0 rings (SSSR count). The van der Waals surface area contributed by atoms with Crippen LogP contribution in [0.4, 0.5) is 0 Å². The van der Waals surface area contributed by atoms with Gasteiger partial charge in [-0.3, -0.25) is 19.2 Å². The molecule has 0 spiro atoms. The molecule has 0 aromatic carbocycles. The fraction of sp³-hybridized carbons (Fsp3) is 0.920. The minimum Gasteiger partial charge on any atom is -0.465 e. The van der Waals surface area contributed by atoms with Crippen LogP contribution < -0.4 is 0 Å². The molecule has 354 valence electrons. The molecule has 60 heavy (non-hydrogen) atoms. The molecule has 0 aromatic heterocycles. The van der Waals surface area contributed by atoms with Gasteiger partial charge in [0.1, 0.15) is 12.7 Å². The first-order chi connectivity index (χ1) is 29.2. The van der Waals surface area contributed by atoms with Gasteiger partial charge in [0.25, 0.3) is 0 Å². The minimum absolute atomic E-state index is 0.0137. The Bertz CT molecular complexity index is 1010. The molecule has 0 aliphatic heterocycles. The largest absolute Gasteiger partial charge is 0.465 e. The van der Waals surface area contributed by atoms with Crippen molar-refractivity contribution in [2.45, 2.75) is 239 Å². The van der Waals surface area contributed by atoms with E-state index in [2.05, 4.69) is 27.7 Å². The molecular formula is C50H95NO9. The lowest BCUT2D eigenvalue weighted by atomic mass is 9.94. The van der Waals surface area contributed by atoms with Gasteiger partial charge in [-0.1, -0.05) is 156 Å². The lowest BCUT2D eigenvalue weighted by Crippen LogP contribution is -2.37. The SMILES string of the molecule is CCCCCCCCC(CCCCCC)C(=O)OCCCCCC(=O)OCC(CN(C)CCO)OC(=O)CCCCCOC(=O)C(CCCCCC)CCCCCCCC. The molecular weight excluding hydrogens is 759 g/mol. The van der Waals surface area contributed by atoms with Crippen molar-refractivity contribution in [2.75, 3.05) is 46.6 Å². The number of unbranched alkanes of at least 4 members (excludes halogenated alkanes) is 20. The number of aliphatic hydroxyl groups is 1. The van der Waals surface area contributed by atoms with E-state index in [-0.39, 0.29) is 61.8 Å². The van der Waals surface area contributed by atoms with E-state index in [9.17, 15) is 24.3 Å². The third-order valence-electron chi connectivity index (χ3n) is 11.6. The Balaban J connectivity index is 4.57. The average Bonchev–Trinajstić information content (AvgIpc) is 3.23. The standard InChI is InChI=1S/C50H95NO9/c1-6-10-14-18-20-26-34-44(32-24-16-12-8-3)49(55)57-40-30-22-28-36-47(53)59-43-46(42-51(5)38-39-52)60-48(54)37-29-23-31-41-58-50(56)45(33-25-17-13-9-4)35-27-21-19-15-11-7-2/h44-46,52H,6-43H2,1-5H3. The van der Waals surface area contributed by atoms with Gasteiger partial charge in [-0.25, -0.2) is 0 Å². The van der Waals surface area contributed by atoms with Crippen molar-refractivity contribution < 1.29 is 43.2 Å². The minimum atomic E-state index is -0.648. The molecule has 0 saturated heterocycles. The lowest BCUT2D eigenvalue weighted by molar-refractivity contribution is -0.160. The van der Waals surface area contributed by atoms with Crippen molar-refractivity contribution in [1.29, 1.82) is 0 Å². The first-order valence-electron chi connectivity index (χ1n) is 25.2. The van der Waals surface area contributed by atoms with E-state index in [1.54, 1.807) is 0 Å². The highest BCUT2D eigenvalue weighted by atomic mass is 16.6. The van der Waals surface area contributed by atoms with Crippen molar-refractivity contribution in [2.24, 2.45) is 11.8 Å². The summed E-state index contributed by atoms with van der Waals surface area (Å²) in [6.45, 7) is 10.2. The third-order valence-corrected chi connectivity index (χ3v) is 11.6. The highest BCUT2D eigenvalue weighted by Crippen LogP contribution is 2.22. The van der Waals surface area contributed by atoms with Gasteiger partial charge in [-0.2, -0.15) is 0 Å². The number of hydrogen-bond acceptors (Lipinski definition) is 10. The third kappa shape index (κ3) is 36.5. The normalized spacial score (nSPS) is 12.9. The van der Waals surface area contributed by atoms with Crippen LogP contribution in [0.1, 0.15) is 233 Å². The molecule has 0 aliphatic rings. The molecule has 0 heterocycles. The van der Waals surface area contributed by atoms with E-state index in [1.807, 2.05) is 11.9 Å². The summed E-state index contributed by atoms with van der Waals surface area (Å²) in [5, 5.41) is 9.38. The summed E-state index contributed by atoms with van der Waals surface area (Å²) in [5.74, 6) is -0.880. The maximum atomic E-state index is 12.9. The molecule has 10 heteroatoms. The number of likely N-dealkylation sites (N-methyl/N-ethyl adjacent to an activating group) is 1. The van der Waals surface area contributed by atoms with E-state index < -0.39 is 6.10 Å². The molecule has 0 saturated carbocycles. The van der Waals surface area contributed by atoms with E-state index in [4.69, 9.17) is 18.9 Å². The van der Waals surface area contributed by atoms with Crippen LogP contribution in [0, 0.1) is 11.8 Å². The van der Waals surface area contributed by atoms with Crippen LogP contribution >= 0.6 is 0 Å². The number of ether oxygens (including phenoxy) is 4. The molecule has 0 aromatic rings. The molecule has 10 nitrogen and oxygen atoms in total. The monoisotopic (exact) mass is 854 g/mol. The number of hydrogen-bond donors (Lipinski definition) is 1. The number of aliphatic hydroxyl groups excluding tert-OH is 1. The van der Waals surface area contributed by atoms with E-state index in [0.717, 1.165) is 77.0 Å². The smallest absolute Gasteiger partial charge is 0.308 e. The van der Waals surface area contributed by atoms with Crippen LogP contribution in [0.3, 0.4) is 0 Å². The fourth-order valence-corrected chi connectivity index (χ4v) is 7.65.